The van der Waals surface area contributed by atoms with Crippen LogP contribution < -0.4 is 5.32 Å². The van der Waals surface area contributed by atoms with Gasteiger partial charge in [-0.1, -0.05) is 0 Å². The summed E-state index contributed by atoms with van der Waals surface area (Å²) in [6.07, 6.45) is 1.99. The molecule has 0 saturated carbocycles. The number of nitrogens with zero attached hydrogens (tertiary/aromatic N) is 2. The van der Waals surface area contributed by atoms with E-state index in [1.165, 1.54) is 5.56 Å². The fourth-order valence-electron chi connectivity index (χ4n) is 1.55. The molecule has 0 aromatic carbocycles. The standard InChI is InChI=1S/C12H21N3O3/c1-4-18-12(16)9-17-6-5-13-7-11-8-15(3)14-10(11)2/h8,13H,4-7,9H2,1-3H3. The summed E-state index contributed by atoms with van der Waals surface area (Å²) in [6.45, 7) is 6.08. The van der Waals surface area contributed by atoms with Gasteiger partial charge in [0.1, 0.15) is 6.61 Å². The Labute approximate surface area is 107 Å². The molecule has 0 radical (unpaired) electrons. The number of esters is 1. The van der Waals surface area contributed by atoms with E-state index in [0.717, 1.165) is 12.2 Å². The SMILES string of the molecule is CCOC(=O)COCCNCc1cn(C)nc1C. The van der Waals surface area contributed by atoms with Crippen molar-refractivity contribution in [3.63, 3.8) is 0 Å². The predicted octanol–water partition coefficient (Wildman–Crippen LogP) is 0.398. The summed E-state index contributed by atoms with van der Waals surface area (Å²) in [5, 5.41) is 7.49. The number of carbonyl (C=O) groups is 1. The molecule has 0 bridgehead atoms. The zero-order valence-corrected chi connectivity index (χ0v) is 11.2. The van der Waals surface area contributed by atoms with Crippen molar-refractivity contribution in [2.24, 2.45) is 7.05 Å². The smallest absolute Gasteiger partial charge is 0.332 e. The van der Waals surface area contributed by atoms with Crippen LogP contribution in [0.15, 0.2) is 6.20 Å². The van der Waals surface area contributed by atoms with Gasteiger partial charge in [-0.3, -0.25) is 4.68 Å². The fraction of sp³-hybridized carbons (Fsp3) is 0.667. The van der Waals surface area contributed by atoms with Crippen LogP contribution >= 0.6 is 0 Å². The molecule has 18 heavy (non-hydrogen) atoms. The van der Waals surface area contributed by atoms with Crippen molar-refractivity contribution in [3.8, 4) is 0 Å². The Morgan fingerprint density at radius 3 is 2.94 bits per heavy atom. The monoisotopic (exact) mass is 255 g/mol. The molecule has 0 atom stereocenters. The quantitative estimate of drug-likeness (QED) is 0.538. The van der Waals surface area contributed by atoms with Crippen molar-refractivity contribution in [2.75, 3.05) is 26.4 Å². The molecule has 1 N–H and O–H groups in total. The van der Waals surface area contributed by atoms with Crippen LogP contribution in [0, 0.1) is 6.92 Å². The summed E-state index contributed by atoms with van der Waals surface area (Å²) in [5.41, 5.74) is 2.19. The highest BCUT2D eigenvalue weighted by atomic mass is 16.6. The summed E-state index contributed by atoms with van der Waals surface area (Å²) >= 11 is 0. The Kier molecular flexibility index (Phi) is 6.38. The van der Waals surface area contributed by atoms with Crippen LogP contribution in [0.2, 0.25) is 0 Å². The number of aromatic nitrogens is 2. The summed E-state index contributed by atoms with van der Waals surface area (Å²) in [6, 6.07) is 0. The number of aryl methyl sites for hydroxylation is 2. The second kappa shape index (κ2) is 7.84. The van der Waals surface area contributed by atoms with Gasteiger partial charge >= 0.3 is 5.97 Å². The molecule has 102 valence electrons. The molecule has 0 amide bonds. The molecule has 0 aliphatic carbocycles. The molecule has 6 nitrogen and oxygen atoms in total. The summed E-state index contributed by atoms with van der Waals surface area (Å²) in [4.78, 5) is 11.0. The van der Waals surface area contributed by atoms with Gasteiger partial charge in [-0.05, 0) is 13.8 Å². The van der Waals surface area contributed by atoms with Gasteiger partial charge in [-0.15, -0.1) is 0 Å². The maximum absolute atomic E-state index is 11.0. The van der Waals surface area contributed by atoms with Gasteiger partial charge in [0.25, 0.3) is 0 Å². The molecule has 6 heteroatoms. The average molecular weight is 255 g/mol. The summed E-state index contributed by atoms with van der Waals surface area (Å²) in [7, 11) is 1.90. The van der Waals surface area contributed by atoms with E-state index in [4.69, 9.17) is 9.47 Å². The van der Waals surface area contributed by atoms with Crippen LogP contribution in [-0.4, -0.2) is 42.1 Å². The predicted molar refractivity (Wildman–Crippen MR) is 67.1 cm³/mol. The van der Waals surface area contributed by atoms with Crippen LogP contribution in [0.5, 0.6) is 0 Å². The van der Waals surface area contributed by atoms with Gasteiger partial charge in [-0.2, -0.15) is 5.10 Å². The van der Waals surface area contributed by atoms with E-state index in [9.17, 15) is 4.79 Å². The van der Waals surface area contributed by atoms with Crippen molar-refractivity contribution >= 4 is 5.97 Å². The normalized spacial score (nSPS) is 10.6. The van der Waals surface area contributed by atoms with E-state index in [0.29, 0.717) is 19.8 Å². The van der Waals surface area contributed by atoms with E-state index < -0.39 is 0 Å². The molecular weight excluding hydrogens is 234 g/mol. The van der Waals surface area contributed by atoms with Crippen molar-refractivity contribution < 1.29 is 14.3 Å². The number of rotatable bonds is 8. The molecule has 0 unspecified atom stereocenters. The Bertz CT molecular complexity index is 377. The largest absolute Gasteiger partial charge is 0.464 e. The highest BCUT2D eigenvalue weighted by Gasteiger charge is 2.03. The maximum Gasteiger partial charge on any atom is 0.332 e. The Balaban J connectivity index is 2.05. The van der Waals surface area contributed by atoms with Gasteiger partial charge in [0, 0.05) is 31.9 Å². The van der Waals surface area contributed by atoms with E-state index in [-0.39, 0.29) is 12.6 Å². The molecule has 0 fully saturated rings. The molecular formula is C12H21N3O3. The highest BCUT2D eigenvalue weighted by Crippen LogP contribution is 2.03. The molecule has 1 aromatic rings. The Morgan fingerprint density at radius 2 is 2.33 bits per heavy atom. The van der Waals surface area contributed by atoms with E-state index in [2.05, 4.69) is 10.4 Å². The fourth-order valence-corrected chi connectivity index (χ4v) is 1.55. The molecule has 1 aromatic heterocycles. The minimum atomic E-state index is -0.319. The van der Waals surface area contributed by atoms with Crippen molar-refractivity contribution in [1.29, 1.82) is 0 Å². The van der Waals surface area contributed by atoms with Crippen LogP contribution in [-0.2, 0) is 27.9 Å². The van der Waals surface area contributed by atoms with Crippen LogP contribution in [0.25, 0.3) is 0 Å². The second-order valence-electron chi connectivity index (χ2n) is 3.95. The minimum Gasteiger partial charge on any atom is -0.464 e. The lowest BCUT2D eigenvalue weighted by atomic mass is 10.2. The van der Waals surface area contributed by atoms with Gasteiger partial charge in [0.2, 0.25) is 0 Å². The van der Waals surface area contributed by atoms with E-state index in [1.54, 1.807) is 11.6 Å². The summed E-state index contributed by atoms with van der Waals surface area (Å²) < 4.78 is 11.7. The first kappa shape index (κ1) is 14.7. The van der Waals surface area contributed by atoms with Crippen LogP contribution in [0.1, 0.15) is 18.2 Å². The molecule has 0 saturated heterocycles. The second-order valence-corrected chi connectivity index (χ2v) is 3.95. The first-order valence-electron chi connectivity index (χ1n) is 6.06. The third kappa shape index (κ3) is 5.29. The van der Waals surface area contributed by atoms with Gasteiger partial charge < -0.3 is 14.8 Å². The average Bonchev–Trinajstić information content (AvgIpc) is 2.62. The molecule has 1 heterocycles. The zero-order valence-electron chi connectivity index (χ0n) is 11.2. The number of hydrogen-bond donors (Lipinski definition) is 1. The van der Waals surface area contributed by atoms with Crippen molar-refractivity contribution in [2.45, 2.75) is 20.4 Å². The summed E-state index contributed by atoms with van der Waals surface area (Å²) in [5.74, 6) is -0.319. The molecule has 0 spiro atoms. The van der Waals surface area contributed by atoms with Gasteiger partial charge in [-0.25, -0.2) is 4.79 Å². The Morgan fingerprint density at radius 1 is 1.56 bits per heavy atom. The van der Waals surface area contributed by atoms with Crippen molar-refractivity contribution in [3.05, 3.63) is 17.5 Å². The lowest BCUT2D eigenvalue weighted by Gasteiger charge is -2.05. The van der Waals surface area contributed by atoms with E-state index in [1.807, 2.05) is 20.2 Å². The maximum atomic E-state index is 11.0. The topological polar surface area (TPSA) is 65.4 Å². The number of ether oxygens (including phenoxy) is 2. The van der Waals surface area contributed by atoms with E-state index >= 15 is 0 Å². The van der Waals surface area contributed by atoms with Gasteiger partial charge in [0.15, 0.2) is 0 Å². The highest BCUT2D eigenvalue weighted by molar-refractivity contribution is 5.70. The number of carbonyl (C=O) groups excluding carboxylic acids is 1. The molecule has 0 aliphatic heterocycles. The van der Waals surface area contributed by atoms with Gasteiger partial charge in [0.05, 0.1) is 18.9 Å². The first-order valence-corrected chi connectivity index (χ1v) is 6.06. The first-order chi connectivity index (χ1) is 8.63. The lowest BCUT2D eigenvalue weighted by Crippen LogP contribution is -2.21. The number of hydrogen-bond acceptors (Lipinski definition) is 5. The molecule has 1 rings (SSSR count). The minimum absolute atomic E-state index is 0.0153. The third-order valence-corrected chi connectivity index (χ3v) is 2.38. The third-order valence-electron chi connectivity index (χ3n) is 2.38. The molecule has 0 aliphatic rings. The Hall–Kier alpha value is -1.40. The zero-order chi connectivity index (χ0) is 13.4. The van der Waals surface area contributed by atoms with Crippen LogP contribution in [0.3, 0.4) is 0 Å². The van der Waals surface area contributed by atoms with Crippen LogP contribution in [0.4, 0.5) is 0 Å². The number of nitrogens with one attached hydrogen (secondary N) is 1. The van der Waals surface area contributed by atoms with Crippen molar-refractivity contribution in [1.82, 2.24) is 15.1 Å². The lowest BCUT2D eigenvalue weighted by molar-refractivity contribution is -0.148.